The normalized spacial score (nSPS) is 10.2. The highest BCUT2D eigenvalue weighted by Crippen LogP contribution is 2.30. The van der Waals surface area contributed by atoms with Crippen molar-refractivity contribution in [3.05, 3.63) is 60.1 Å². The Hall–Kier alpha value is -2.86. The van der Waals surface area contributed by atoms with Gasteiger partial charge >= 0.3 is 0 Å². The van der Waals surface area contributed by atoms with Crippen LogP contribution in [0.3, 0.4) is 0 Å². The average Bonchev–Trinajstić information content (AvgIpc) is 2.54. The highest BCUT2D eigenvalue weighted by atomic mass is 35.5. The molecular weight excluding hydrogens is 300 g/mol. The predicted molar refractivity (Wildman–Crippen MR) is 88.7 cm³/mol. The summed E-state index contributed by atoms with van der Waals surface area (Å²) in [5.41, 5.74) is 8.09. The molecule has 110 valence electrons. The Morgan fingerprint density at radius 2 is 1.59 bits per heavy atom. The molecule has 2 aromatic heterocycles. The van der Waals surface area contributed by atoms with E-state index in [2.05, 4.69) is 25.6 Å². The molecule has 0 aliphatic carbocycles. The third kappa shape index (κ3) is 3.07. The number of hydrogen-bond donors (Lipinski definition) is 3. The van der Waals surface area contributed by atoms with E-state index in [0.29, 0.717) is 22.3 Å². The summed E-state index contributed by atoms with van der Waals surface area (Å²) in [6, 6.07) is 11.0. The predicted octanol–water partition coefficient (Wildman–Crippen LogP) is 3.59. The van der Waals surface area contributed by atoms with Crippen molar-refractivity contribution in [3.8, 4) is 0 Å². The SMILES string of the molecule is Nc1c(Nc2ccncc2)ncnc1Nc1ccccc1Cl. The number of nitrogens with zero attached hydrogens (tertiary/aromatic N) is 3. The van der Waals surface area contributed by atoms with Gasteiger partial charge in [-0.1, -0.05) is 23.7 Å². The molecule has 4 N–H and O–H groups in total. The molecule has 0 aliphatic heterocycles. The lowest BCUT2D eigenvalue weighted by molar-refractivity contribution is 1.17. The number of benzene rings is 1. The van der Waals surface area contributed by atoms with Crippen molar-refractivity contribution >= 4 is 40.3 Å². The van der Waals surface area contributed by atoms with Gasteiger partial charge in [-0.2, -0.15) is 0 Å². The summed E-state index contributed by atoms with van der Waals surface area (Å²) in [4.78, 5) is 12.3. The van der Waals surface area contributed by atoms with E-state index in [1.165, 1.54) is 6.33 Å². The first kappa shape index (κ1) is 14.1. The first-order chi connectivity index (χ1) is 10.7. The van der Waals surface area contributed by atoms with Gasteiger partial charge in [0.1, 0.15) is 12.0 Å². The van der Waals surface area contributed by atoms with Gasteiger partial charge in [-0.25, -0.2) is 9.97 Å². The van der Waals surface area contributed by atoms with E-state index in [1.54, 1.807) is 18.5 Å². The zero-order valence-electron chi connectivity index (χ0n) is 11.5. The number of anilines is 5. The van der Waals surface area contributed by atoms with Crippen molar-refractivity contribution in [3.63, 3.8) is 0 Å². The summed E-state index contributed by atoms with van der Waals surface area (Å²) in [5.74, 6) is 0.996. The van der Waals surface area contributed by atoms with Crippen LogP contribution in [0, 0.1) is 0 Å². The largest absolute Gasteiger partial charge is 0.393 e. The molecule has 6 nitrogen and oxygen atoms in total. The van der Waals surface area contributed by atoms with Gasteiger partial charge in [0, 0.05) is 18.1 Å². The molecule has 3 aromatic rings. The maximum atomic E-state index is 6.13. The zero-order valence-corrected chi connectivity index (χ0v) is 12.2. The van der Waals surface area contributed by atoms with Crippen molar-refractivity contribution in [2.75, 3.05) is 16.4 Å². The average molecular weight is 313 g/mol. The zero-order chi connectivity index (χ0) is 15.4. The number of pyridine rings is 1. The molecule has 2 heterocycles. The highest BCUT2D eigenvalue weighted by Gasteiger charge is 2.09. The number of para-hydroxylation sites is 1. The van der Waals surface area contributed by atoms with Crippen molar-refractivity contribution in [2.45, 2.75) is 0 Å². The van der Waals surface area contributed by atoms with Crippen molar-refractivity contribution < 1.29 is 0 Å². The molecule has 0 fully saturated rings. The van der Waals surface area contributed by atoms with Crippen molar-refractivity contribution in [1.29, 1.82) is 0 Å². The number of nitrogens with one attached hydrogen (secondary N) is 2. The van der Waals surface area contributed by atoms with Gasteiger partial charge in [-0.15, -0.1) is 0 Å². The van der Waals surface area contributed by atoms with Crippen LogP contribution in [0.4, 0.5) is 28.7 Å². The Balaban J connectivity index is 1.88. The van der Waals surface area contributed by atoms with Crippen LogP contribution in [0.5, 0.6) is 0 Å². The fourth-order valence-electron chi connectivity index (χ4n) is 1.86. The molecule has 1 aromatic carbocycles. The summed E-state index contributed by atoms with van der Waals surface area (Å²) in [7, 11) is 0. The first-order valence-corrected chi connectivity index (χ1v) is 6.91. The third-order valence-corrected chi connectivity index (χ3v) is 3.28. The summed E-state index contributed by atoms with van der Waals surface area (Å²) in [6.45, 7) is 0. The summed E-state index contributed by atoms with van der Waals surface area (Å²) in [5, 5.41) is 6.82. The van der Waals surface area contributed by atoms with Crippen molar-refractivity contribution in [1.82, 2.24) is 15.0 Å². The summed E-state index contributed by atoms with van der Waals surface area (Å²) >= 11 is 6.13. The second-order valence-corrected chi connectivity index (χ2v) is 4.86. The topological polar surface area (TPSA) is 88.8 Å². The first-order valence-electron chi connectivity index (χ1n) is 6.53. The van der Waals surface area contributed by atoms with Crippen LogP contribution in [0.25, 0.3) is 0 Å². The fourth-order valence-corrected chi connectivity index (χ4v) is 2.04. The monoisotopic (exact) mass is 312 g/mol. The molecule has 3 rings (SSSR count). The molecule has 0 saturated carbocycles. The van der Waals surface area contributed by atoms with Gasteiger partial charge in [-0.3, -0.25) is 4.98 Å². The second kappa shape index (κ2) is 6.28. The van der Waals surface area contributed by atoms with E-state index in [4.69, 9.17) is 17.3 Å². The molecule has 0 atom stereocenters. The Morgan fingerprint density at radius 3 is 2.32 bits per heavy atom. The Labute approximate surface area is 132 Å². The van der Waals surface area contributed by atoms with E-state index >= 15 is 0 Å². The smallest absolute Gasteiger partial charge is 0.159 e. The number of rotatable bonds is 4. The number of nitrogen functional groups attached to an aromatic ring is 1. The maximum Gasteiger partial charge on any atom is 0.159 e. The molecule has 0 spiro atoms. The third-order valence-electron chi connectivity index (χ3n) is 2.95. The van der Waals surface area contributed by atoms with E-state index in [-0.39, 0.29) is 0 Å². The molecular formula is C15H13ClN6. The lowest BCUT2D eigenvalue weighted by Crippen LogP contribution is -2.05. The minimum Gasteiger partial charge on any atom is -0.393 e. The molecule has 0 saturated heterocycles. The number of halogens is 1. The van der Waals surface area contributed by atoms with E-state index in [0.717, 1.165) is 11.4 Å². The van der Waals surface area contributed by atoms with Gasteiger partial charge in [0.15, 0.2) is 11.6 Å². The fraction of sp³-hybridized carbons (Fsp3) is 0. The van der Waals surface area contributed by atoms with E-state index in [1.807, 2.05) is 30.3 Å². The molecule has 0 radical (unpaired) electrons. The second-order valence-electron chi connectivity index (χ2n) is 4.45. The standard InChI is InChI=1S/C15H13ClN6/c16-11-3-1-2-4-12(11)22-15-13(17)14(19-9-20-15)21-10-5-7-18-8-6-10/h1-9H,17H2,(H2,18,19,20,21,22). The van der Waals surface area contributed by atoms with E-state index in [9.17, 15) is 0 Å². The highest BCUT2D eigenvalue weighted by molar-refractivity contribution is 6.33. The Morgan fingerprint density at radius 1 is 0.909 bits per heavy atom. The molecule has 0 amide bonds. The van der Waals surface area contributed by atoms with E-state index < -0.39 is 0 Å². The molecule has 0 bridgehead atoms. The lowest BCUT2D eigenvalue weighted by atomic mass is 10.3. The van der Waals surface area contributed by atoms with Crippen molar-refractivity contribution in [2.24, 2.45) is 0 Å². The molecule has 22 heavy (non-hydrogen) atoms. The van der Waals surface area contributed by atoms with Crippen LogP contribution in [0.15, 0.2) is 55.1 Å². The van der Waals surface area contributed by atoms with Crippen LogP contribution in [0.2, 0.25) is 5.02 Å². The molecule has 0 aliphatic rings. The number of nitrogens with two attached hydrogens (primary N) is 1. The van der Waals surface area contributed by atoms with Gasteiger partial charge in [0.25, 0.3) is 0 Å². The number of hydrogen-bond acceptors (Lipinski definition) is 6. The van der Waals surface area contributed by atoms with Gasteiger partial charge in [-0.05, 0) is 24.3 Å². The van der Waals surface area contributed by atoms with Gasteiger partial charge < -0.3 is 16.4 Å². The summed E-state index contributed by atoms with van der Waals surface area (Å²) < 4.78 is 0. The quantitative estimate of drug-likeness (QED) is 0.682. The molecule has 7 heteroatoms. The van der Waals surface area contributed by atoms with Crippen LogP contribution in [-0.4, -0.2) is 15.0 Å². The Bertz CT molecular complexity index is 778. The minimum absolute atomic E-state index is 0.402. The maximum absolute atomic E-state index is 6.13. The van der Waals surface area contributed by atoms with Crippen LogP contribution in [0.1, 0.15) is 0 Å². The Kier molecular flexibility index (Phi) is 4.02. The summed E-state index contributed by atoms with van der Waals surface area (Å²) in [6.07, 6.45) is 4.80. The number of aromatic nitrogens is 3. The molecule has 0 unspecified atom stereocenters. The van der Waals surface area contributed by atoms with Crippen LogP contribution < -0.4 is 16.4 Å². The van der Waals surface area contributed by atoms with Crippen LogP contribution in [-0.2, 0) is 0 Å². The van der Waals surface area contributed by atoms with Gasteiger partial charge in [0.05, 0.1) is 10.7 Å². The lowest BCUT2D eigenvalue weighted by Gasteiger charge is -2.13. The van der Waals surface area contributed by atoms with Crippen LogP contribution >= 0.6 is 11.6 Å². The van der Waals surface area contributed by atoms with Gasteiger partial charge in [0.2, 0.25) is 0 Å². The minimum atomic E-state index is 0.402.